The van der Waals surface area contributed by atoms with Crippen molar-refractivity contribution >= 4 is 5.91 Å². The SMILES string of the molecule is CCCCNC(=O)c1no[n+]([O-])c1-c1ccccc1. The van der Waals surface area contributed by atoms with E-state index in [-0.39, 0.29) is 16.3 Å². The highest BCUT2D eigenvalue weighted by Crippen LogP contribution is 2.18. The highest BCUT2D eigenvalue weighted by Gasteiger charge is 2.27. The smallest absolute Gasteiger partial charge is 0.313 e. The summed E-state index contributed by atoms with van der Waals surface area (Å²) in [5.74, 6) is -0.398. The summed E-state index contributed by atoms with van der Waals surface area (Å²) in [6.45, 7) is 2.58. The third-order valence-electron chi connectivity index (χ3n) is 2.69. The van der Waals surface area contributed by atoms with Gasteiger partial charge in [0.25, 0.3) is 0 Å². The van der Waals surface area contributed by atoms with Crippen molar-refractivity contribution in [3.8, 4) is 11.3 Å². The zero-order valence-corrected chi connectivity index (χ0v) is 10.6. The van der Waals surface area contributed by atoms with Gasteiger partial charge in [-0.05, 0) is 11.3 Å². The molecule has 0 spiro atoms. The van der Waals surface area contributed by atoms with Crippen LogP contribution < -0.4 is 10.2 Å². The fraction of sp³-hybridized carbons (Fsp3) is 0.308. The molecule has 2 rings (SSSR count). The van der Waals surface area contributed by atoms with Crippen molar-refractivity contribution in [2.24, 2.45) is 0 Å². The predicted molar refractivity (Wildman–Crippen MR) is 68.1 cm³/mol. The largest absolute Gasteiger partial charge is 0.359 e. The average Bonchev–Trinajstić information content (AvgIpc) is 2.82. The molecule has 0 bridgehead atoms. The zero-order valence-electron chi connectivity index (χ0n) is 10.6. The molecule has 2 aromatic rings. The molecular weight excluding hydrogens is 246 g/mol. The van der Waals surface area contributed by atoms with Crippen LogP contribution in [0.1, 0.15) is 30.3 Å². The van der Waals surface area contributed by atoms with E-state index in [4.69, 9.17) is 0 Å². The van der Waals surface area contributed by atoms with Gasteiger partial charge in [0.15, 0.2) is 0 Å². The number of benzene rings is 1. The van der Waals surface area contributed by atoms with E-state index in [0.29, 0.717) is 12.1 Å². The van der Waals surface area contributed by atoms with Crippen molar-refractivity contribution in [2.75, 3.05) is 6.54 Å². The van der Waals surface area contributed by atoms with E-state index in [2.05, 4.69) is 15.1 Å². The number of carbonyl (C=O) groups excluding carboxylic acids is 1. The Bertz CT molecular complexity index is 552. The van der Waals surface area contributed by atoms with Gasteiger partial charge in [0.2, 0.25) is 5.69 Å². The molecule has 1 amide bonds. The third kappa shape index (κ3) is 2.90. The summed E-state index contributed by atoms with van der Waals surface area (Å²) in [6.07, 6.45) is 1.85. The second-order valence-electron chi connectivity index (χ2n) is 4.10. The molecule has 1 aromatic carbocycles. The lowest BCUT2D eigenvalue weighted by Gasteiger charge is -2.01. The lowest BCUT2D eigenvalue weighted by molar-refractivity contribution is -0.793. The fourth-order valence-electron chi connectivity index (χ4n) is 1.70. The normalized spacial score (nSPS) is 10.4. The Morgan fingerprint density at radius 1 is 1.42 bits per heavy atom. The van der Waals surface area contributed by atoms with Crippen LogP contribution in [0.15, 0.2) is 35.0 Å². The molecule has 0 radical (unpaired) electrons. The minimum atomic E-state index is -0.398. The molecular formula is C13H15N3O3. The molecule has 6 heteroatoms. The Morgan fingerprint density at radius 3 is 2.84 bits per heavy atom. The number of rotatable bonds is 5. The van der Waals surface area contributed by atoms with Crippen LogP contribution in [-0.2, 0) is 0 Å². The van der Waals surface area contributed by atoms with Crippen LogP contribution in [0.2, 0.25) is 0 Å². The Balaban J connectivity index is 2.25. The molecule has 0 aliphatic carbocycles. The molecule has 0 saturated carbocycles. The molecule has 0 saturated heterocycles. The van der Waals surface area contributed by atoms with E-state index in [9.17, 15) is 10.0 Å². The zero-order chi connectivity index (χ0) is 13.7. The van der Waals surface area contributed by atoms with Crippen LogP contribution in [0.4, 0.5) is 0 Å². The predicted octanol–water partition coefficient (Wildman–Crippen LogP) is 1.50. The Labute approximate surface area is 110 Å². The second-order valence-corrected chi connectivity index (χ2v) is 4.10. The van der Waals surface area contributed by atoms with E-state index >= 15 is 0 Å². The van der Waals surface area contributed by atoms with Gasteiger partial charge in [-0.3, -0.25) is 9.42 Å². The lowest BCUT2D eigenvalue weighted by atomic mass is 10.1. The summed E-state index contributed by atoms with van der Waals surface area (Å²) in [5.41, 5.74) is 0.742. The summed E-state index contributed by atoms with van der Waals surface area (Å²) >= 11 is 0. The lowest BCUT2D eigenvalue weighted by Crippen LogP contribution is -2.29. The maximum Gasteiger partial charge on any atom is 0.313 e. The minimum Gasteiger partial charge on any atom is -0.359 e. The summed E-state index contributed by atoms with van der Waals surface area (Å²) in [6, 6.07) is 8.84. The molecule has 0 aliphatic heterocycles. The van der Waals surface area contributed by atoms with E-state index in [0.717, 1.165) is 12.8 Å². The van der Waals surface area contributed by atoms with Crippen molar-refractivity contribution in [3.05, 3.63) is 41.2 Å². The van der Waals surface area contributed by atoms with Crippen molar-refractivity contribution in [2.45, 2.75) is 19.8 Å². The van der Waals surface area contributed by atoms with Gasteiger partial charge < -0.3 is 10.5 Å². The van der Waals surface area contributed by atoms with Crippen LogP contribution in [-0.4, -0.2) is 17.6 Å². The summed E-state index contributed by atoms with van der Waals surface area (Å²) in [4.78, 5) is 12.2. The average molecular weight is 261 g/mol. The quantitative estimate of drug-likeness (QED) is 0.653. The van der Waals surface area contributed by atoms with Gasteiger partial charge in [-0.2, -0.15) is 0 Å². The van der Waals surface area contributed by atoms with Gasteiger partial charge >= 0.3 is 11.6 Å². The molecule has 1 heterocycles. The standard InChI is InChI=1S/C13H15N3O3/c1-2-3-9-14-13(17)11-12(16(18)19-15-11)10-7-5-4-6-8-10/h4-8H,2-3,9H2,1H3,(H,14,17). The van der Waals surface area contributed by atoms with Crippen molar-refractivity contribution in [1.82, 2.24) is 10.5 Å². The number of nitrogens with zero attached hydrogens (tertiary/aromatic N) is 2. The maximum absolute atomic E-state index is 11.9. The van der Waals surface area contributed by atoms with E-state index in [1.165, 1.54) is 0 Å². The fourth-order valence-corrected chi connectivity index (χ4v) is 1.70. The molecule has 6 nitrogen and oxygen atoms in total. The van der Waals surface area contributed by atoms with Gasteiger partial charge in [0.05, 0.1) is 5.16 Å². The maximum atomic E-state index is 11.9. The number of amides is 1. The first-order valence-corrected chi connectivity index (χ1v) is 6.17. The summed E-state index contributed by atoms with van der Waals surface area (Å²) in [7, 11) is 0. The van der Waals surface area contributed by atoms with E-state index in [1.54, 1.807) is 24.3 Å². The first-order chi connectivity index (χ1) is 9.24. The number of unbranched alkanes of at least 4 members (excludes halogenated alkanes) is 1. The number of aromatic nitrogens is 2. The van der Waals surface area contributed by atoms with Crippen LogP contribution in [0.25, 0.3) is 11.3 Å². The molecule has 19 heavy (non-hydrogen) atoms. The van der Waals surface area contributed by atoms with Gasteiger partial charge in [-0.15, -0.1) is 0 Å². The Morgan fingerprint density at radius 2 is 2.16 bits per heavy atom. The van der Waals surface area contributed by atoms with Gasteiger partial charge in [-0.1, -0.05) is 43.7 Å². The van der Waals surface area contributed by atoms with E-state index in [1.807, 2.05) is 13.0 Å². The topological polar surface area (TPSA) is 82.1 Å². The van der Waals surface area contributed by atoms with Crippen molar-refractivity contribution in [1.29, 1.82) is 0 Å². The van der Waals surface area contributed by atoms with Crippen LogP contribution in [0.3, 0.4) is 0 Å². The molecule has 1 N–H and O–H groups in total. The molecule has 0 unspecified atom stereocenters. The summed E-state index contributed by atoms with van der Waals surface area (Å²) in [5, 5.41) is 17.8. The van der Waals surface area contributed by atoms with Crippen LogP contribution in [0, 0.1) is 5.21 Å². The van der Waals surface area contributed by atoms with Gasteiger partial charge in [0, 0.05) is 12.1 Å². The first kappa shape index (κ1) is 13.1. The highest BCUT2D eigenvalue weighted by molar-refractivity contribution is 5.97. The first-order valence-electron chi connectivity index (χ1n) is 6.17. The highest BCUT2D eigenvalue weighted by atomic mass is 16.8. The minimum absolute atomic E-state index is 0.0114. The number of hydrogen-bond donors (Lipinski definition) is 1. The Kier molecular flexibility index (Phi) is 4.12. The third-order valence-corrected chi connectivity index (χ3v) is 2.69. The van der Waals surface area contributed by atoms with Crippen LogP contribution in [0.5, 0.6) is 0 Å². The number of nitrogens with one attached hydrogen (secondary N) is 1. The van der Waals surface area contributed by atoms with Crippen LogP contribution >= 0.6 is 0 Å². The van der Waals surface area contributed by atoms with Gasteiger partial charge in [-0.25, -0.2) is 0 Å². The molecule has 1 aromatic heterocycles. The monoisotopic (exact) mass is 261 g/mol. The number of carbonyl (C=O) groups is 1. The second kappa shape index (κ2) is 5.99. The van der Waals surface area contributed by atoms with Gasteiger partial charge in [0.1, 0.15) is 0 Å². The van der Waals surface area contributed by atoms with E-state index < -0.39 is 5.91 Å². The molecule has 0 atom stereocenters. The molecule has 0 fully saturated rings. The number of hydrogen-bond acceptors (Lipinski definition) is 4. The summed E-state index contributed by atoms with van der Waals surface area (Å²) < 4.78 is 4.53. The Hall–Kier alpha value is -2.37. The molecule has 100 valence electrons. The van der Waals surface area contributed by atoms with Crippen molar-refractivity contribution < 1.29 is 14.3 Å². The molecule has 0 aliphatic rings. The van der Waals surface area contributed by atoms with Crippen molar-refractivity contribution in [3.63, 3.8) is 0 Å².